The van der Waals surface area contributed by atoms with E-state index >= 15 is 0 Å². The normalized spacial score (nSPS) is 10.4. The standard InChI is InChI=1S/C7H17NO3/c8-4-3-7-11-10-6-2-1-5-9/h9H,1-8H2. The number of nitrogens with two attached hydrogens (primary N) is 1. The van der Waals surface area contributed by atoms with E-state index in [0.717, 1.165) is 19.3 Å². The fraction of sp³-hybridized carbons (Fsp3) is 1.00. The van der Waals surface area contributed by atoms with Crippen molar-refractivity contribution in [3.05, 3.63) is 0 Å². The number of rotatable bonds is 8. The molecule has 0 radical (unpaired) electrons. The third kappa shape index (κ3) is 9.84. The lowest BCUT2D eigenvalue weighted by atomic mass is 10.3. The second-order valence-corrected chi connectivity index (χ2v) is 2.22. The van der Waals surface area contributed by atoms with Crippen LogP contribution in [0.15, 0.2) is 0 Å². The second kappa shape index (κ2) is 9.84. The lowest BCUT2D eigenvalue weighted by molar-refractivity contribution is -0.295. The minimum atomic E-state index is 0.214. The van der Waals surface area contributed by atoms with Crippen LogP contribution in [0.3, 0.4) is 0 Å². The smallest absolute Gasteiger partial charge is 0.0834 e. The van der Waals surface area contributed by atoms with Crippen LogP contribution in [-0.4, -0.2) is 31.5 Å². The molecule has 0 amide bonds. The first-order chi connectivity index (χ1) is 5.41. The summed E-state index contributed by atoms with van der Waals surface area (Å²) in [5.41, 5.74) is 5.22. The molecule has 0 bridgehead atoms. The van der Waals surface area contributed by atoms with Gasteiger partial charge >= 0.3 is 0 Å². The first-order valence-electron chi connectivity index (χ1n) is 3.97. The first-order valence-corrected chi connectivity index (χ1v) is 3.97. The van der Waals surface area contributed by atoms with Crippen molar-refractivity contribution in [1.82, 2.24) is 0 Å². The monoisotopic (exact) mass is 163 g/mol. The van der Waals surface area contributed by atoms with Gasteiger partial charge in [-0.2, -0.15) is 0 Å². The zero-order valence-corrected chi connectivity index (χ0v) is 6.79. The van der Waals surface area contributed by atoms with Crippen LogP contribution in [0.2, 0.25) is 0 Å². The van der Waals surface area contributed by atoms with Crippen molar-refractivity contribution in [2.45, 2.75) is 19.3 Å². The predicted octanol–water partition coefficient (Wildman–Crippen LogP) is 0.0559. The molecule has 68 valence electrons. The molecule has 0 saturated carbocycles. The van der Waals surface area contributed by atoms with Gasteiger partial charge in [0.2, 0.25) is 0 Å². The number of aliphatic hydroxyl groups excluding tert-OH is 1. The van der Waals surface area contributed by atoms with Gasteiger partial charge in [0.15, 0.2) is 0 Å². The van der Waals surface area contributed by atoms with Crippen LogP contribution in [0.1, 0.15) is 19.3 Å². The number of hydrogen-bond donors (Lipinski definition) is 2. The summed E-state index contributed by atoms with van der Waals surface area (Å²) >= 11 is 0. The van der Waals surface area contributed by atoms with Gasteiger partial charge in [0, 0.05) is 6.61 Å². The minimum Gasteiger partial charge on any atom is -0.396 e. The Balaban J connectivity index is 2.69. The molecule has 0 aliphatic carbocycles. The average molecular weight is 163 g/mol. The average Bonchev–Trinajstić information content (AvgIpc) is 2.03. The fourth-order valence-corrected chi connectivity index (χ4v) is 0.533. The maximum atomic E-state index is 8.39. The molecule has 0 rings (SSSR count). The summed E-state index contributed by atoms with van der Waals surface area (Å²) in [6.07, 6.45) is 2.42. The summed E-state index contributed by atoms with van der Waals surface area (Å²) in [4.78, 5) is 9.53. The van der Waals surface area contributed by atoms with Crippen LogP contribution >= 0.6 is 0 Å². The molecule has 0 aromatic heterocycles. The molecule has 0 aromatic rings. The summed E-state index contributed by atoms with van der Waals surface area (Å²) in [5, 5.41) is 8.39. The first kappa shape index (κ1) is 10.8. The topological polar surface area (TPSA) is 64.7 Å². The SMILES string of the molecule is NCCCOOCCCCO. The molecule has 0 spiro atoms. The van der Waals surface area contributed by atoms with Crippen molar-refractivity contribution in [1.29, 1.82) is 0 Å². The fourth-order valence-electron chi connectivity index (χ4n) is 0.533. The van der Waals surface area contributed by atoms with Crippen LogP contribution < -0.4 is 5.73 Å². The Kier molecular flexibility index (Phi) is 9.70. The van der Waals surface area contributed by atoms with Crippen molar-refractivity contribution in [2.75, 3.05) is 26.4 Å². The molecular weight excluding hydrogens is 146 g/mol. The predicted molar refractivity (Wildman–Crippen MR) is 41.9 cm³/mol. The third-order valence-electron chi connectivity index (χ3n) is 1.15. The largest absolute Gasteiger partial charge is 0.396 e. The van der Waals surface area contributed by atoms with Gasteiger partial charge in [0.1, 0.15) is 0 Å². The van der Waals surface area contributed by atoms with E-state index in [1.54, 1.807) is 0 Å². The van der Waals surface area contributed by atoms with Crippen LogP contribution in [0.4, 0.5) is 0 Å². The maximum Gasteiger partial charge on any atom is 0.0834 e. The number of aliphatic hydroxyl groups is 1. The van der Waals surface area contributed by atoms with Gasteiger partial charge in [-0.15, -0.1) is 0 Å². The molecule has 0 aliphatic rings. The number of unbranched alkanes of at least 4 members (excludes halogenated alkanes) is 1. The zero-order valence-electron chi connectivity index (χ0n) is 6.79. The van der Waals surface area contributed by atoms with Gasteiger partial charge in [-0.05, 0) is 25.8 Å². The Labute approximate surface area is 67.2 Å². The molecule has 4 heteroatoms. The Morgan fingerprint density at radius 2 is 1.64 bits per heavy atom. The van der Waals surface area contributed by atoms with Gasteiger partial charge in [-0.3, -0.25) is 0 Å². The lowest BCUT2D eigenvalue weighted by Crippen LogP contribution is -2.05. The molecular formula is C7H17NO3. The highest BCUT2D eigenvalue weighted by molar-refractivity contribution is 4.33. The Hall–Kier alpha value is -0.160. The summed E-state index contributed by atoms with van der Waals surface area (Å²) in [5.74, 6) is 0. The van der Waals surface area contributed by atoms with E-state index in [9.17, 15) is 0 Å². The van der Waals surface area contributed by atoms with Crippen LogP contribution in [0.5, 0.6) is 0 Å². The molecule has 4 nitrogen and oxygen atoms in total. The van der Waals surface area contributed by atoms with Gasteiger partial charge in [0.25, 0.3) is 0 Å². The molecule has 11 heavy (non-hydrogen) atoms. The quantitative estimate of drug-likeness (QED) is 0.301. The Morgan fingerprint density at radius 1 is 1.00 bits per heavy atom. The minimum absolute atomic E-state index is 0.214. The van der Waals surface area contributed by atoms with Gasteiger partial charge < -0.3 is 10.8 Å². The van der Waals surface area contributed by atoms with Gasteiger partial charge in [-0.25, -0.2) is 9.78 Å². The van der Waals surface area contributed by atoms with E-state index in [4.69, 9.17) is 20.6 Å². The van der Waals surface area contributed by atoms with E-state index < -0.39 is 0 Å². The molecule has 0 saturated heterocycles. The molecule has 0 heterocycles. The molecule has 0 aromatic carbocycles. The Bertz CT molecular complexity index is 62.7. The van der Waals surface area contributed by atoms with E-state index in [0.29, 0.717) is 19.8 Å². The van der Waals surface area contributed by atoms with Crippen LogP contribution in [0.25, 0.3) is 0 Å². The molecule has 0 fully saturated rings. The molecule has 0 atom stereocenters. The number of hydrogen-bond acceptors (Lipinski definition) is 4. The van der Waals surface area contributed by atoms with E-state index in [2.05, 4.69) is 0 Å². The van der Waals surface area contributed by atoms with Crippen LogP contribution in [-0.2, 0) is 9.78 Å². The molecule has 3 N–H and O–H groups in total. The highest BCUT2D eigenvalue weighted by atomic mass is 17.2. The lowest BCUT2D eigenvalue weighted by Gasteiger charge is -2.01. The summed E-state index contributed by atoms with van der Waals surface area (Å²) < 4.78 is 0. The highest BCUT2D eigenvalue weighted by Gasteiger charge is 1.88. The second-order valence-electron chi connectivity index (χ2n) is 2.22. The third-order valence-corrected chi connectivity index (χ3v) is 1.15. The van der Waals surface area contributed by atoms with Crippen molar-refractivity contribution in [3.63, 3.8) is 0 Å². The van der Waals surface area contributed by atoms with E-state index in [1.165, 1.54) is 0 Å². The summed E-state index contributed by atoms with van der Waals surface area (Å²) in [6.45, 7) is 1.94. The molecule has 0 unspecified atom stereocenters. The Morgan fingerprint density at radius 3 is 2.18 bits per heavy atom. The van der Waals surface area contributed by atoms with Crippen LogP contribution in [0, 0.1) is 0 Å². The van der Waals surface area contributed by atoms with Gasteiger partial charge in [0.05, 0.1) is 13.2 Å². The van der Waals surface area contributed by atoms with E-state index in [-0.39, 0.29) is 6.61 Å². The van der Waals surface area contributed by atoms with Crippen molar-refractivity contribution in [2.24, 2.45) is 5.73 Å². The molecule has 0 aliphatic heterocycles. The van der Waals surface area contributed by atoms with Crippen molar-refractivity contribution >= 4 is 0 Å². The van der Waals surface area contributed by atoms with Crippen molar-refractivity contribution < 1.29 is 14.9 Å². The zero-order chi connectivity index (χ0) is 8.36. The van der Waals surface area contributed by atoms with Crippen molar-refractivity contribution in [3.8, 4) is 0 Å². The highest BCUT2D eigenvalue weighted by Crippen LogP contribution is 1.89. The maximum absolute atomic E-state index is 8.39. The van der Waals surface area contributed by atoms with Gasteiger partial charge in [-0.1, -0.05) is 0 Å². The van der Waals surface area contributed by atoms with E-state index in [1.807, 2.05) is 0 Å². The summed E-state index contributed by atoms with van der Waals surface area (Å²) in [7, 11) is 0. The summed E-state index contributed by atoms with van der Waals surface area (Å²) in [6, 6.07) is 0.